The maximum absolute atomic E-state index is 5.51. The lowest BCUT2D eigenvalue weighted by molar-refractivity contribution is 0.265. The number of aliphatic imine (C=N–C) groups is 1. The van der Waals surface area contributed by atoms with E-state index in [4.69, 9.17) is 4.42 Å². The van der Waals surface area contributed by atoms with E-state index in [0.29, 0.717) is 6.54 Å². The molecule has 5 nitrogen and oxygen atoms in total. The van der Waals surface area contributed by atoms with Gasteiger partial charge in [-0.3, -0.25) is 9.89 Å². The SMILES string of the molecule is CCCCCNC(=NCC(c1ccco1)N(C)C)NCC.I. The number of rotatable bonds is 9. The number of hydrogen-bond acceptors (Lipinski definition) is 3. The third kappa shape index (κ3) is 8.03. The van der Waals surface area contributed by atoms with Gasteiger partial charge < -0.3 is 15.1 Å². The fourth-order valence-electron chi connectivity index (χ4n) is 2.09. The molecule has 1 unspecified atom stereocenters. The molecule has 0 radical (unpaired) electrons. The Balaban J connectivity index is 0.00000441. The fourth-order valence-corrected chi connectivity index (χ4v) is 2.09. The van der Waals surface area contributed by atoms with Gasteiger partial charge in [0.05, 0.1) is 18.8 Å². The monoisotopic (exact) mass is 422 g/mol. The summed E-state index contributed by atoms with van der Waals surface area (Å²) in [5.41, 5.74) is 0. The highest BCUT2D eigenvalue weighted by Gasteiger charge is 2.16. The summed E-state index contributed by atoms with van der Waals surface area (Å²) < 4.78 is 5.51. The molecule has 0 amide bonds. The maximum Gasteiger partial charge on any atom is 0.191 e. The Morgan fingerprint density at radius 2 is 2.05 bits per heavy atom. The Hall–Kier alpha value is -0.760. The third-order valence-corrected chi connectivity index (χ3v) is 3.33. The van der Waals surface area contributed by atoms with Crippen LogP contribution in [0.1, 0.15) is 44.9 Å². The summed E-state index contributed by atoms with van der Waals surface area (Å²) in [4.78, 5) is 6.81. The van der Waals surface area contributed by atoms with Crippen LogP contribution in [0, 0.1) is 0 Å². The molecule has 1 atom stereocenters. The van der Waals surface area contributed by atoms with Gasteiger partial charge in [-0.15, -0.1) is 24.0 Å². The molecule has 0 bridgehead atoms. The van der Waals surface area contributed by atoms with Crippen molar-refractivity contribution in [2.45, 2.75) is 39.2 Å². The van der Waals surface area contributed by atoms with Crippen molar-refractivity contribution in [1.29, 1.82) is 0 Å². The maximum atomic E-state index is 5.51. The van der Waals surface area contributed by atoms with E-state index < -0.39 is 0 Å². The van der Waals surface area contributed by atoms with E-state index in [-0.39, 0.29) is 30.0 Å². The molecule has 22 heavy (non-hydrogen) atoms. The van der Waals surface area contributed by atoms with Gasteiger partial charge in [-0.05, 0) is 39.6 Å². The highest BCUT2D eigenvalue weighted by Crippen LogP contribution is 2.18. The number of nitrogens with zero attached hydrogens (tertiary/aromatic N) is 2. The molecule has 128 valence electrons. The molecule has 0 aliphatic carbocycles. The summed E-state index contributed by atoms with van der Waals surface area (Å²) in [5, 5.41) is 6.67. The van der Waals surface area contributed by atoms with Gasteiger partial charge in [0.25, 0.3) is 0 Å². The zero-order chi connectivity index (χ0) is 15.5. The van der Waals surface area contributed by atoms with Crippen LogP contribution in [0.25, 0.3) is 0 Å². The molecular formula is C16H31IN4O. The summed E-state index contributed by atoms with van der Waals surface area (Å²) in [7, 11) is 4.09. The Bertz CT molecular complexity index is 393. The first kappa shape index (κ1) is 21.2. The zero-order valence-electron chi connectivity index (χ0n) is 14.3. The molecule has 6 heteroatoms. The molecule has 1 rings (SSSR count). The second-order valence-electron chi connectivity index (χ2n) is 5.35. The van der Waals surface area contributed by atoms with E-state index in [9.17, 15) is 0 Å². The quantitative estimate of drug-likeness (QED) is 0.278. The summed E-state index contributed by atoms with van der Waals surface area (Å²) in [6, 6.07) is 4.08. The van der Waals surface area contributed by atoms with Gasteiger partial charge >= 0.3 is 0 Å². The summed E-state index contributed by atoms with van der Waals surface area (Å²) in [6.45, 7) is 6.80. The van der Waals surface area contributed by atoms with Gasteiger partial charge in [0.1, 0.15) is 5.76 Å². The highest BCUT2D eigenvalue weighted by molar-refractivity contribution is 14.0. The van der Waals surface area contributed by atoms with E-state index in [1.54, 1.807) is 6.26 Å². The Kier molecular flexibility index (Phi) is 12.3. The van der Waals surface area contributed by atoms with Crippen LogP contribution in [0.3, 0.4) is 0 Å². The van der Waals surface area contributed by atoms with E-state index in [2.05, 4.69) is 34.4 Å². The minimum Gasteiger partial charge on any atom is -0.468 e. The molecular weight excluding hydrogens is 391 g/mol. The van der Waals surface area contributed by atoms with Gasteiger partial charge in [-0.1, -0.05) is 19.8 Å². The lowest BCUT2D eigenvalue weighted by Crippen LogP contribution is -2.38. The molecule has 1 aromatic rings. The largest absolute Gasteiger partial charge is 0.468 e. The average Bonchev–Trinajstić information content (AvgIpc) is 2.97. The van der Waals surface area contributed by atoms with Gasteiger partial charge in [0.15, 0.2) is 5.96 Å². The zero-order valence-corrected chi connectivity index (χ0v) is 16.6. The number of unbranched alkanes of at least 4 members (excludes halogenated alkanes) is 2. The Labute approximate surface area is 152 Å². The molecule has 0 spiro atoms. The molecule has 0 aromatic carbocycles. The van der Waals surface area contributed by atoms with Crippen molar-refractivity contribution >= 4 is 29.9 Å². The minimum atomic E-state index is 0. The molecule has 1 heterocycles. The van der Waals surface area contributed by atoms with Crippen LogP contribution in [-0.2, 0) is 0 Å². The van der Waals surface area contributed by atoms with Crippen LogP contribution in [0.15, 0.2) is 27.8 Å². The van der Waals surface area contributed by atoms with E-state index >= 15 is 0 Å². The fraction of sp³-hybridized carbons (Fsp3) is 0.688. The molecule has 0 aliphatic rings. The number of nitrogens with one attached hydrogen (secondary N) is 2. The molecule has 0 saturated heterocycles. The summed E-state index contributed by atoms with van der Waals surface area (Å²) in [5.74, 6) is 1.83. The number of halogens is 1. The first-order chi connectivity index (χ1) is 10.2. The van der Waals surface area contributed by atoms with Crippen LogP contribution in [0.2, 0.25) is 0 Å². The summed E-state index contributed by atoms with van der Waals surface area (Å²) in [6.07, 6.45) is 5.37. The van der Waals surface area contributed by atoms with Gasteiger partial charge in [0.2, 0.25) is 0 Å². The van der Waals surface area contributed by atoms with Crippen LogP contribution in [0.5, 0.6) is 0 Å². The molecule has 0 aliphatic heterocycles. The third-order valence-electron chi connectivity index (χ3n) is 3.33. The second-order valence-corrected chi connectivity index (χ2v) is 5.35. The molecule has 1 aromatic heterocycles. The number of guanidine groups is 1. The van der Waals surface area contributed by atoms with E-state index in [1.165, 1.54) is 19.3 Å². The van der Waals surface area contributed by atoms with Crippen molar-refractivity contribution in [2.75, 3.05) is 33.7 Å². The molecule has 2 N–H and O–H groups in total. The van der Waals surface area contributed by atoms with Crippen molar-refractivity contribution < 1.29 is 4.42 Å². The van der Waals surface area contributed by atoms with Crippen molar-refractivity contribution in [3.05, 3.63) is 24.2 Å². The first-order valence-electron chi connectivity index (χ1n) is 7.91. The van der Waals surface area contributed by atoms with Crippen LogP contribution in [-0.4, -0.2) is 44.6 Å². The van der Waals surface area contributed by atoms with Crippen molar-refractivity contribution in [2.24, 2.45) is 4.99 Å². The van der Waals surface area contributed by atoms with E-state index in [1.807, 2.05) is 26.2 Å². The van der Waals surface area contributed by atoms with Crippen LogP contribution < -0.4 is 10.6 Å². The second kappa shape index (κ2) is 12.8. The minimum absolute atomic E-state index is 0. The standard InChI is InChI=1S/C16H30N4O.HI/c1-5-7-8-11-18-16(17-6-2)19-13-14(20(3)4)15-10-9-12-21-15;/h9-10,12,14H,5-8,11,13H2,1-4H3,(H2,17,18,19);1H. The van der Waals surface area contributed by atoms with Gasteiger partial charge in [-0.2, -0.15) is 0 Å². The van der Waals surface area contributed by atoms with Gasteiger partial charge in [-0.25, -0.2) is 0 Å². The topological polar surface area (TPSA) is 52.8 Å². The number of hydrogen-bond donors (Lipinski definition) is 2. The number of likely N-dealkylation sites (N-methyl/N-ethyl adjacent to an activating group) is 1. The lowest BCUT2D eigenvalue weighted by Gasteiger charge is -2.21. The average molecular weight is 422 g/mol. The highest BCUT2D eigenvalue weighted by atomic mass is 127. The predicted molar refractivity (Wildman–Crippen MR) is 104 cm³/mol. The Morgan fingerprint density at radius 3 is 2.59 bits per heavy atom. The number of furan rings is 1. The van der Waals surface area contributed by atoms with Crippen molar-refractivity contribution in [3.8, 4) is 0 Å². The van der Waals surface area contributed by atoms with Crippen molar-refractivity contribution in [3.63, 3.8) is 0 Å². The molecule has 0 saturated carbocycles. The normalized spacial score (nSPS) is 12.9. The predicted octanol–water partition coefficient (Wildman–Crippen LogP) is 3.25. The van der Waals surface area contributed by atoms with Crippen LogP contribution >= 0.6 is 24.0 Å². The lowest BCUT2D eigenvalue weighted by atomic mass is 10.2. The summed E-state index contributed by atoms with van der Waals surface area (Å²) >= 11 is 0. The van der Waals surface area contributed by atoms with E-state index in [0.717, 1.165) is 24.8 Å². The smallest absolute Gasteiger partial charge is 0.191 e. The first-order valence-corrected chi connectivity index (χ1v) is 7.91. The van der Waals surface area contributed by atoms with Crippen LogP contribution in [0.4, 0.5) is 0 Å². The molecule has 0 fully saturated rings. The van der Waals surface area contributed by atoms with Gasteiger partial charge in [0, 0.05) is 13.1 Å². The van der Waals surface area contributed by atoms with Crippen molar-refractivity contribution in [1.82, 2.24) is 15.5 Å². The Morgan fingerprint density at radius 1 is 1.27 bits per heavy atom.